The number of nitrogens with zero attached hydrogens (tertiary/aromatic N) is 1. The number of hydrogen-bond donors (Lipinski definition) is 2. The summed E-state index contributed by atoms with van der Waals surface area (Å²) in [5, 5.41) is 5.48. The quantitative estimate of drug-likeness (QED) is 0.774. The number of nitrogen functional groups attached to an aromatic ring is 1. The molecule has 5 nitrogen and oxygen atoms in total. The second kappa shape index (κ2) is 6.59. The van der Waals surface area contributed by atoms with Gasteiger partial charge in [-0.25, -0.2) is 9.79 Å². The molecule has 3 N–H and O–H groups in total. The van der Waals surface area contributed by atoms with Crippen LogP contribution in [-0.2, 0) is 10.3 Å². The monoisotopic (exact) mass is 367 g/mol. The number of hydrogen-bond acceptors (Lipinski definition) is 6. The number of thiophene rings is 1. The van der Waals surface area contributed by atoms with Gasteiger partial charge in [0.2, 0.25) is 0 Å². The first kappa shape index (κ1) is 17.6. The number of nitrogens with two attached hydrogens (primary N) is 1. The van der Waals surface area contributed by atoms with Crippen LogP contribution >= 0.6 is 23.1 Å². The van der Waals surface area contributed by atoms with Crippen molar-refractivity contribution in [1.82, 2.24) is 5.32 Å². The third kappa shape index (κ3) is 3.72. The fraction of sp³-hybridized carbons (Fsp3) is 0.647. The first-order chi connectivity index (χ1) is 11.3. The first-order valence-electron chi connectivity index (χ1n) is 8.36. The molecule has 7 heteroatoms. The molecule has 2 heterocycles. The van der Waals surface area contributed by atoms with E-state index < -0.39 is 11.7 Å². The van der Waals surface area contributed by atoms with Crippen LogP contribution in [0.4, 0.5) is 10.5 Å². The van der Waals surface area contributed by atoms with Gasteiger partial charge in [0.25, 0.3) is 0 Å². The van der Waals surface area contributed by atoms with E-state index in [1.807, 2.05) is 32.2 Å². The molecule has 1 aliphatic carbocycles. The van der Waals surface area contributed by atoms with Crippen LogP contribution in [0.2, 0.25) is 0 Å². The minimum atomic E-state index is -0.517. The molecule has 24 heavy (non-hydrogen) atoms. The van der Waals surface area contributed by atoms with Crippen LogP contribution in [0.1, 0.15) is 51.3 Å². The van der Waals surface area contributed by atoms with E-state index in [1.165, 1.54) is 17.7 Å². The van der Waals surface area contributed by atoms with Crippen molar-refractivity contribution >= 4 is 40.0 Å². The summed E-state index contributed by atoms with van der Waals surface area (Å²) < 4.78 is 5.36. The van der Waals surface area contributed by atoms with E-state index in [0.717, 1.165) is 24.3 Å². The second-order valence-electron chi connectivity index (χ2n) is 7.47. The van der Waals surface area contributed by atoms with Gasteiger partial charge in [0, 0.05) is 21.7 Å². The van der Waals surface area contributed by atoms with Crippen LogP contribution in [0.5, 0.6) is 0 Å². The van der Waals surface area contributed by atoms with Gasteiger partial charge in [-0.05, 0) is 45.6 Å². The normalized spacial score (nSPS) is 27.1. The summed E-state index contributed by atoms with van der Waals surface area (Å²) in [5.74, 6) is 1.46. The van der Waals surface area contributed by atoms with E-state index in [-0.39, 0.29) is 5.54 Å². The zero-order valence-corrected chi connectivity index (χ0v) is 16.1. The van der Waals surface area contributed by atoms with Crippen molar-refractivity contribution in [2.75, 3.05) is 11.5 Å². The van der Waals surface area contributed by atoms with Crippen LogP contribution < -0.4 is 11.1 Å². The maximum Gasteiger partial charge on any atom is 0.413 e. The van der Waals surface area contributed by atoms with Gasteiger partial charge in [-0.2, -0.15) is 0 Å². The standard InChI is InChI=1S/C17H25N3O2S2/c1-16(2,3)22-15(21)19-14-20-17(13-8-12(18)10-23-13)7-5-4-6-11(17)9-24-14/h8,10-11H,4-7,9,18H2,1-3H3,(H,19,20,21)/t11-,17-/m0/s1. The molecule has 132 valence electrons. The number of amides is 1. The third-order valence-corrected chi connectivity index (χ3v) is 6.56. The minimum absolute atomic E-state index is 0.240. The molecular formula is C17H25N3O2S2. The minimum Gasteiger partial charge on any atom is -0.444 e. The number of carbonyl (C=O) groups is 1. The number of alkyl carbamates (subject to hydrolysis) is 1. The number of nitrogens with one attached hydrogen (secondary N) is 1. The Morgan fingerprint density at radius 2 is 2.25 bits per heavy atom. The largest absolute Gasteiger partial charge is 0.444 e. The van der Waals surface area contributed by atoms with Gasteiger partial charge in [0.15, 0.2) is 5.17 Å². The lowest BCUT2D eigenvalue weighted by Crippen LogP contribution is -2.44. The molecule has 1 saturated carbocycles. The lowest BCUT2D eigenvalue weighted by atomic mass is 9.73. The highest BCUT2D eigenvalue weighted by atomic mass is 32.2. The number of fused-ring (bicyclic) bond motifs is 1. The Bertz CT molecular complexity index is 651. The molecule has 2 atom stereocenters. The number of rotatable bonds is 1. The maximum atomic E-state index is 12.1. The number of amidine groups is 1. The molecule has 1 aliphatic heterocycles. The fourth-order valence-electron chi connectivity index (χ4n) is 3.40. The summed E-state index contributed by atoms with van der Waals surface area (Å²) in [7, 11) is 0. The highest BCUT2D eigenvalue weighted by Crippen LogP contribution is 2.51. The van der Waals surface area contributed by atoms with E-state index in [1.54, 1.807) is 23.1 Å². The lowest BCUT2D eigenvalue weighted by Gasteiger charge is -2.43. The Balaban J connectivity index is 1.86. The van der Waals surface area contributed by atoms with E-state index in [9.17, 15) is 4.79 Å². The van der Waals surface area contributed by atoms with Crippen LogP contribution in [-0.4, -0.2) is 22.6 Å². The Morgan fingerprint density at radius 1 is 1.46 bits per heavy atom. The van der Waals surface area contributed by atoms with Crippen molar-refractivity contribution in [3.05, 3.63) is 16.3 Å². The Morgan fingerprint density at radius 3 is 2.92 bits per heavy atom. The Hall–Kier alpha value is -1.21. The fourth-order valence-corrected chi connectivity index (χ4v) is 5.64. The number of anilines is 1. The van der Waals surface area contributed by atoms with E-state index in [0.29, 0.717) is 11.1 Å². The van der Waals surface area contributed by atoms with Gasteiger partial charge in [-0.1, -0.05) is 24.6 Å². The van der Waals surface area contributed by atoms with Crippen molar-refractivity contribution in [2.45, 2.75) is 57.6 Å². The predicted octanol–water partition coefficient (Wildman–Crippen LogP) is 4.34. The molecule has 1 fully saturated rings. The SMILES string of the molecule is CC(C)(C)OC(=O)NC1=N[C@@]2(c3cc(N)cs3)CCCC[C@H]2CS1. The topological polar surface area (TPSA) is 76.7 Å². The van der Waals surface area contributed by atoms with Crippen molar-refractivity contribution in [3.8, 4) is 0 Å². The van der Waals surface area contributed by atoms with Crippen molar-refractivity contribution in [2.24, 2.45) is 10.9 Å². The average Bonchev–Trinajstić information content (AvgIpc) is 2.92. The summed E-state index contributed by atoms with van der Waals surface area (Å²) in [6.07, 6.45) is 4.15. The maximum absolute atomic E-state index is 12.1. The highest BCUT2D eigenvalue weighted by Gasteiger charge is 2.46. The number of carbonyl (C=O) groups excluding carboxylic acids is 1. The summed E-state index contributed by atoms with van der Waals surface area (Å²) in [5.41, 5.74) is 5.99. The zero-order chi connectivity index (χ0) is 17.4. The summed E-state index contributed by atoms with van der Waals surface area (Å²) in [6.45, 7) is 5.57. The van der Waals surface area contributed by atoms with E-state index in [2.05, 4.69) is 5.32 Å². The number of thioether (sulfide) groups is 1. The van der Waals surface area contributed by atoms with Gasteiger partial charge in [-0.15, -0.1) is 11.3 Å². The van der Waals surface area contributed by atoms with Crippen LogP contribution in [0.3, 0.4) is 0 Å². The molecule has 1 aromatic heterocycles. The van der Waals surface area contributed by atoms with Crippen molar-refractivity contribution in [3.63, 3.8) is 0 Å². The molecule has 0 aromatic carbocycles. The molecule has 0 radical (unpaired) electrons. The van der Waals surface area contributed by atoms with Crippen LogP contribution in [0, 0.1) is 5.92 Å². The number of aliphatic imine (C=N–C) groups is 1. The van der Waals surface area contributed by atoms with Crippen LogP contribution in [0.25, 0.3) is 0 Å². The van der Waals surface area contributed by atoms with Gasteiger partial charge in [0.1, 0.15) is 11.1 Å². The predicted molar refractivity (Wildman–Crippen MR) is 102 cm³/mol. The van der Waals surface area contributed by atoms with Crippen molar-refractivity contribution < 1.29 is 9.53 Å². The van der Waals surface area contributed by atoms with Crippen molar-refractivity contribution in [1.29, 1.82) is 0 Å². The molecular weight excluding hydrogens is 342 g/mol. The van der Waals surface area contributed by atoms with E-state index >= 15 is 0 Å². The Kier molecular flexibility index (Phi) is 4.84. The lowest BCUT2D eigenvalue weighted by molar-refractivity contribution is 0.0563. The second-order valence-corrected chi connectivity index (χ2v) is 9.39. The highest BCUT2D eigenvalue weighted by molar-refractivity contribution is 8.13. The molecule has 3 rings (SSSR count). The molecule has 1 aromatic rings. The molecule has 0 saturated heterocycles. The molecule has 0 unspecified atom stereocenters. The summed E-state index contributed by atoms with van der Waals surface area (Å²) >= 11 is 3.29. The number of ether oxygens (including phenoxy) is 1. The van der Waals surface area contributed by atoms with Gasteiger partial charge < -0.3 is 10.5 Å². The molecule has 2 aliphatic rings. The van der Waals surface area contributed by atoms with Crippen LogP contribution in [0.15, 0.2) is 16.4 Å². The van der Waals surface area contributed by atoms with Gasteiger partial charge in [-0.3, -0.25) is 5.32 Å². The zero-order valence-electron chi connectivity index (χ0n) is 14.4. The smallest absolute Gasteiger partial charge is 0.413 e. The molecule has 0 spiro atoms. The van der Waals surface area contributed by atoms with Gasteiger partial charge >= 0.3 is 6.09 Å². The third-order valence-electron chi connectivity index (χ3n) is 4.41. The molecule has 1 amide bonds. The average molecular weight is 368 g/mol. The van der Waals surface area contributed by atoms with Gasteiger partial charge in [0.05, 0.1) is 0 Å². The Labute approximate surface area is 151 Å². The molecule has 0 bridgehead atoms. The first-order valence-corrected chi connectivity index (χ1v) is 10.2. The van der Waals surface area contributed by atoms with E-state index in [4.69, 9.17) is 15.5 Å². The summed E-state index contributed by atoms with van der Waals surface area (Å²) in [6, 6.07) is 2.05. The summed E-state index contributed by atoms with van der Waals surface area (Å²) in [4.78, 5) is 18.3.